The summed E-state index contributed by atoms with van der Waals surface area (Å²) in [4.78, 5) is 4.33. The van der Waals surface area contributed by atoms with E-state index in [2.05, 4.69) is 56.1 Å². The molecule has 0 radical (unpaired) electrons. The molecule has 1 aromatic carbocycles. The van der Waals surface area contributed by atoms with Gasteiger partial charge in [0.15, 0.2) is 0 Å². The van der Waals surface area contributed by atoms with Crippen molar-refractivity contribution in [3.63, 3.8) is 0 Å². The molecule has 0 aliphatic carbocycles. The van der Waals surface area contributed by atoms with Crippen LogP contribution >= 0.6 is 0 Å². The van der Waals surface area contributed by atoms with Crippen molar-refractivity contribution in [1.29, 1.82) is 0 Å². The first kappa shape index (κ1) is 11.8. The van der Waals surface area contributed by atoms with Crippen LogP contribution in [0.3, 0.4) is 0 Å². The Morgan fingerprint density at radius 2 is 1.41 bits per heavy atom. The van der Waals surface area contributed by atoms with Crippen molar-refractivity contribution in [2.75, 3.05) is 0 Å². The average Bonchev–Trinajstić information content (AvgIpc) is 2.29. The van der Waals surface area contributed by atoms with E-state index in [1.165, 1.54) is 16.7 Å². The molecule has 0 saturated carbocycles. The van der Waals surface area contributed by atoms with Gasteiger partial charge >= 0.3 is 0 Å². The van der Waals surface area contributed by atoms with Crippen molar-refractivity contribution in [3.05, 3.63) is 53.9 Å². The van der Waals surface area contributed by atoms with Gasteiger partial charge in [-0.15, -0.1) is 0 Å². The van der Waals surface area contributed by atoms with Gasteiger partial charge in [0.25, 0.3) is 0 Å². The van der Waals surface area contributed by atoms with Gasteiger partial charge < -0.3 is 0 Å². The Morgan fingerprint density at radius 3 is 1.88 bits per heavy atom. The molecule has 0 saturated heterocycles. The van der Waals surface area contributed by atoms with E-state index in [1.807, 2.05) is 19.2 Å². The number of pyridine rings is 1. The quantitative estimate of drug-likeness (QED) is 0.703. The number of benzene rings is 1. The van der Waals surface area contributed by atoms with Gasteiger partial charge in [0.05, 0.1) is 0 Å². The summed E-state index contributed by atoms with van der Waals surface area (Å²) in [5.41, 5.74) is 5.03. The zero-order valence-electron chi connectivity index (χ0n) is 11.0. The van der Waals surface area contributed by atoms with E-state index in [4.69, 9.17) is 0 Å². The van der Waals surface area contributed by atoms with Crippen molar-refractivity contribution < 1.29 is 0 Å². The summed E-state index contributed by atoms with van der Waals surface area (Å²) in [6.45, 7) is 8.70. The first-order valence-corrected chi connectivity index (χ1v) is 6.00. The highest BCUT2D eigenvalue weighted by molar-refractivity contribution is 5.62. The molecule has 0 fully saturated rings. The molecule has 0 aliphatic rings. The monoisotopic (exact) mass is 225 g/mol. The summed E-state index contributed by atoms with van der Waals surface area (Å²) in [7, 11) is 0. The zero-order chi connectivity index (χ0) is 12.5. The third-order valence-corrected chi connectivity index (χ3v) is 3.00. The van der Waals surface area contributed by atoms with E-state index in [1.54, 1.807) is 0 Å². The van der Waals surface area contributed by atoms with Gasteiger partial charge in [-0.1, -0.05) is 51.1 Å². The third kappa shape index (κ3) is 2.73. The normalized spacial score (nSPS) is 11.5. The predicted octanol–water partition coefficient (Wildman–Crippen LogP) is 4.35. The Hall–Kier alpha value is -1.63. The Balaban J connectivity index is 2.33. The lowest BCUT2D eigenvalue weighted by atomic mass is 9.86. The van der Waals surface area contributed by atoms with Crippen molar-refractivity contribution in [3.8, 4) is 11.1 Å². The van der Waals surface area contributed by atoms with E-state index < -0.39 is 0 Å². The van der Waals surface area contributed by atoms with Crippen LogP contribution in [0.15, 0.2) is 42.6 Å². The standard InChI is InChI=1S/C16H19N/c1-12-5-6-14(11-17-12)13-7-9-15(10-8-13)16(2,3)4/h5-11H,1-4H3. The predicted molar refractivity (Wildman–Crippen MR) is 73.1 cm³/mol. The van der Waals surface area contributed by atoms with E-state index in [-0.39, 0.29) is 5.41 Å². The lowest BCUT2D eigenvalue weighted by Crippen LogP contribution is -2.10. The zero-order valence-corrected chi connectivity index (χ0v) is 11.0. The van der Waals surface area contributed by atoms with Gasteiger partial charge in [0.2, 0.25) is 0 Å². The molecule has 1 aromatic heterocycles. The second kappa shape index (κ2) is 4.33. The van der Waals surface area contributed by atoms with Crippen LogP contribution in [-0.2, 0) is 5.41 Å². The van der Waals surface area contributed by atoms with Crippen LogP contribution in [0.4, 0.5) is 0 Å². The minimum atomic E-state index is 0.212. The molecule has 1 heteroatoms. The van der Waals surface area contributed by atoms with Crippen LogP contribution in [0, 0.1) is 6.92 Å². The third-order valence-electron chi connectivity index (χ3n) is 3.00. The minimum absolute atomic E-state index is 0.212. The second-order valence-electron chi connectivity index (χ2n) is 5.52. The largest absolute Gasteiger partial charge is 0.261 e. The number of aryl methyl sites for hydroxylation is 1. The topological polar surface area (TPSA) is 12.9 Å². The van der Waals surface area contributed by atoms with Gasteiger partial charge in [-0.05, 0) is 29.5 Å². The van der Waals surface area contributed by atoms with Crippen LogP contribution in [0.2, 0.25) is 0 Å². The van der Waals surface area contributed by atoms with Gasteiger partial charge in [-0.3, -0.25) is 4.98 Å². The molecule has 2 aromatic rings. The molecule has 2 rings (SSSR count). The first-order chi connectivity index (χ1) is 7.97. The summed E-state index contributed by atoms with van der Waals surface area (Å²) in [5, 5.41) is 0. The van der Waals surface area contributed by atoms with Crippen LogP contribution in [0.5, 0.6) is 0 Å². The fourth-order valence-electron chi connectivity index (χ4n) is 1.80. The van der Waals surface area contributed by atoms with Crippen LogP contribution in [0.25, 0.3) is 11.1 Å². The molecule has 1 heterocycles. The maximum Gasteiger partial charge on any atom is 0.0373 e. The summed E-state index contributed by atoms with van der Waals surface area (Å²) < 4.78 is 0. The van der Waals surface area contributed by atoms with E-state index in [0.29, 0.717) is 0 Å². The van der Waals surface area contributed by atoms with Gasteiger partial charge in [0.1, 0.15) is 0 Å². The van der Waals surface area contributed by atoms with Gasteiger partial charge in [-0.2, -0.15) is 0 Å². The molecule has 0 N–H and O–H groups in total. The highest BCUT2D eigenvalue weighted by Gasteiger charge is 2.12. The van der Waals surface area contributed by atoms with Crippen LogP contribution < -0.4 is 0 Å². The van der Waals surface area contributed by atoms with Crippen LogP contribution in [-0.4, -0.2) is 4.98 Å². The lowest BCUT2D eigenvalue weighted by Gasteiger charge is -2.19. The molecular formula is C16H19N. The Morgan fingerprint density at radius 1 is 0.824 bits per heavy atom. The van der Waals surface area contributed by atoms with Gasteiger partial charge in [0, 0.05) is 17.5 Å². The highest BCUT2D eigenvalue weighted by atomic mass is 14.7. The number of nitrogens with zero attached hydrogens (tertiary/aromatic N) is 1. The van der Waals surface area contributed by atoms with Crippen LogP contribution in [0.1, 0.15) is 32.0 Å². The van der Waals surface area contributed by atoms with Crippen molar-refractivity contribution in [2.45, 2.75) is 33.1 Å². The number of hydrogen-bond donors (Lipinski definition) is 0. The molecule has 0 atom stereocenters. The molecule has 0 unspecified atom stereocenters. The summed E-state index contributed by atoms with van der Waals surface area (Å²) in [5.74, 6) is 0. The van der Waals surface area contributed by atoms with E-state index in [9.17, 15) is 0 Å². The molecular weight excluding hydrogens is 206 g/mol. The maximum atomic E-state index is 4.33. The molecule has 0 spiro atoms. The van der Waals surface area contributed by atoms with Crippen molar-refractivity contribution in [2.24, 2.45) is 0 Å². The molecule has 0 aliphatic heterocycles. The molecule has 0 amide bonds. The average molecular weight is 225 g/mol. The van der Waals surface area contributed by atoms with Gasteiger partial charge in [-0.25, -0.2) is 0 Å². The smallest absolute Gasteiger partial charge is 0.0373 e. The summed E-state index contributed by atoms with van der Waals surface area (Å²) >= 11 is 0. The van der Waals surface area contributed by atoms with Crippen molar-refractivity contribution >= 4 is 0 Å². The fourth-order valence-corrected chi connectivity index (χ4v) is 1.80. The fraction of sp³-hybridized carbons (Fsp3) is 0.312. The number of rotatable bonds is 1. The molecule has 88 valence electrons. The van der Waals surface area contributed by atoms with E-state index in [0.717, 1.165) is 5.69 Å². The number of hydrogen-bond acceptors (Lipinski definition) is 1. The Kier molecular flexibility index (Phi) is 3.01. The molecule has 17 heavy (non-hydrogen) atoms. The minimum Gasteiger partial charge on any atom is -0.261 e. The Labute approximate surface area is 104 Å². The summed E-state index contributed by atoms with van der Waals surface area (Å²) in [6.07, 6.45) is 1.93. The van der Waals surface area contributed by atoms with Crippen molar-refractivity contribution in [1.82, 2.24) is 4.98 Å². The first-order valence-electron chi connectivity index (χ1n) is 6.00. The molecule has 1 nitrogen and oxygen atoms in total. The lowest BCUT2D eigenvalue weighted by molar-refractivity contribution is 0.590. The second-order valence-corrected chi connectivity index (χ2v) is 5.52. The Bertz CT molecular complexity index is 487. The maximum absolute atomic E-state index is 4.33. The number of aromatic nitrogens is 1. The SMILES string of the molecule is Cc1ccc(-c2ccc(C(C)(C)C)cc2)cn1. The van der Waals surface area contributed by atoms with E-state index >= 15 is 0 Å². The summed E-state index contributed by atoms with van der Waals surface area (Å²) in [6, 6.07) is 12.9. The highest BCUT2D eigenvalue weighted by Crippen LogP contribution is 2.25. The molecule has 0 bridgehead atoms.